The van der Waals surface area contributed by atoms with Crippen molar-refractivity contribution >= 4 is 39.1 Å². The van der Waals surface area contributed by atoms with Gasteiger partial charge in [0, 0.05) is 60.8 Å². The number of carbonyl (C=O) groups excluding carboxylic acids is 1. The average molecular weight is 508 g/mol. The zero-order chi connectivity index (χ0) is 25.9. The van der Waals surface area contributed by atoms with Gasteiger partial charge in [0.2, 0.25) is 0 Å². The van der Waals surface area contributed by atoms with E-state index >= 15 is 0 Å². The van der Waals surface area contributed by atoms with Gasteiger partial charge in [-0.25, -0.2) is 9.37 Å². The van der Waals surface area contributed by atoms with Crippen molar-refractivity contribution in [3.63, 3.8) is 0 Å². The van der Waals surface area contributed by atoms with E-state index in [0.29, 0.717) is 40.7 Å². The number of ether oxygens (including phenoxy) is 2. The van der Waals surface area contributed by atoms with Gasteiger partial charge >= 0.3 is 6.01 Å². The fraction of sp³-hybridized carbons (Fsp3) is 0.385. The first-order valence-corrected chi connectivity index (χ1v) is 12.4. The molecule has 1 aliphatic rings. The first-order chi connectivity index (χ1) is 17.9. The van der Waals surface area contributed by atoms with E-state index < -0.39 is 11.7 Å². The molecular formula is C26H30FN7O3. The summed E-state index contributed by atoms with van der Waals surface area (Å²) in [6, 6.07) is 6.46. The van der Waals surface area contributed by atoms with Crippen molar-refractivity contribution in [3.8, 4) is 6.01 Å². The van der Waals surface area contributed by atoms with Crippen LogP contribution >= 0.6 is 0 Å². The zero-order valence-corrected chi connectivity index (χ0v) is 20.8. The molecule has 0 bridgehead atoms. The van der Waals surface area contributed by atoms with Gasteiger partial charge in [-0.15, -0.1) is 0 Å². The highest BCUT2D eigenvalue weighted by atomic mass is 19.1. The van der Waals surface area contributed by atoms with Gasteiger partial charge in [-0.05, 0) is 50.5 Å². The summed E-state index contributed by atoms with van der Waals surface area (Å²) in [6.45, 7) is 3.48. The lowest BCUT2D eigenvalue weighted by molar-refractivity contribution is -0.0128. The molecule has 11 heteroatoms. The van der Waals surface area contributed by atoms with Crippen LogP contribution in [0.3, 0.4) is 0 Å². The Hall–Kier alpha value is -3.83. The lowest BCUT2D eigenvalue weighted by Crippen LogP contribution is -2.26. The maximum Gasteiger partial charge on any atom is 0.317 e. The third-order valence-electron chi connectivity index (χ3n) is 6.19. The number of aryl methyl sites for hydroxylation is 1. The molecule has 0 aliphatic carbocycles. The molecule has 1 saturated heterocycles. The average Bonchev–Trinajstić information content (AvgIpc) is 3.27. The minimum Gasteiger partial charge on any atom is -0.461 e. The molecule has 2 aromatic heterocycles. The van der Waals surface area contributed by atoms with Crippen molar-refractivity contribution in [2.75, 3.05) is 30.4 Å². The van der Waals surface area contributed by atoms with E-state index in [-0.39, 0.29) is 23.7 Å². The number of carbonyl (C=O) groups is 1. The molecule has 0 unspecified atom stereocenters. The predicted molar refractivity (Wildman–Crippen MR) is 139 cm³/mol. The van der Waals surface area contributed by atoms with Crippen LogP contribution in [0.15, 0.2) is 36.7 Å². The minimum absolute atomic E-state index is 0.00727. The normalized spacial score (nSPS) is 16.6. The molecule has 10 nitrogen and oxygen atoms in total. The summed E-state index contributed by atoms with van der Waals surface area (Å²) in [7, 11) is 1.71. The van der Waals surface area contributed by atoms with E-state index in [4.69, 9.17) is 15.2 Å². The standard InChI is InChI=1S/C26H30FN7O3/c1-15(28)11-29-22-7-6-19(25(35)31-17-9-16-13-34(2)33-23(16)21(27)10-17)24-20(22)12-30-26(32-24)37-14-18-5-3-4-8-36-18/h6-7,9-10,12-13,15,18,29H,3-5,8,11,14,28H2,1-2H3,(H,31,35)/t15-,18+/m1/s1. The van der Waals surface area contributed by atoms with Crippen LogP contribution in [-0.4, -0.2) is 57.6 Å². The van der Waals surface area contributed by atoms with Crippen LogP contribution in [0, 0.1) is 5.82 Å². The second-order valence-corrected chi connectivity index (χ2v) is 9.39. The number of benzene rings is 2. The third-order valence-corrected chi connectivity index (χ3v) is 6.19. The lowest BCUT2D eigenvalue weighted by atomic mass is 10.1. The molecule has 1 fully saturated rings. The quantitative estimate of drug-likeness (QED) is 0.330. The molecule has 0 saturated carbocycles. The Balaban J connectivity index is 1.45. The molecule has 4 N–H and O–H groups in total. The van der Waals surface area contributed by atoms with Gasteiger partial charge in [-0.2, -0.15) is 10.1 Å². The first kappa shape index (κ1) is 24.8. The Morgan fingerprint density at radius 1 is 1.32 bits per heavy atom. The lowest BCUT2D eigenvalue weighted by Gasteiger charge is -2.22. The first-order valence-electron chi connectivity index (χ1n) is 12.4. The highest BCUT2D eigenvalue weighted by molar-refractivity contribution is 6.14. The topological polar surface area (TPSA) is 129 Å². The minimum atomic E-state index is -0.517. The molecule has 5 rings (SSSR count). The van der Waals surface area contributed by atoms with Crippen molar-refractivity contribution in [2.24, 2.45) is 12.8 Å². The van der Waals surface area contributed by atoms with Crippen molar-refractivity contribution < 1.29 is 18.7 Å². The van der Waals surface area contributed by atoms with Crippen LogP contribution in [-0.2, 0) is 11.8 Å². The summed E-state index contributed by atoms with van der Waals surface area (Å²) in [6.07, 6.45) is 6.38. The number of nitrogens with zero attached hydrogens (tertiary/aromatic N) is 4. The Morgan fingerprint density at radius 2 is 2.19 bits per heavy atom. The number of nitrogens with two attached hydrogens (primary N) is 1. The molecule has 1 amide bonds. The van der Waals surface area contributed by atoms with Crippen LogP contribution in [0.25, 0.3) is 21.8 Å². The van der Waals surface area contributed by atoms with Crippen LogP contribution in [0.4, 0.5) is 15.8 Å². The van der Waals surface area contributed by atoms with Crippen LogP contribution in [0.2, 0.25) is 0 Å². The summed E-state index contributed by atoms with van der Waals surface area (Å²) in [5.74, 6) is -0.955. The third kappa shape index (κ3) is 5.62. The van der Waals surface area contributed by atoms with Gasteiger partial charge in [0.1, 0.15) is 12.1 Å². The van der Waals surface area contributed by atoms with E-state index in [9.17, 15) is 9.18 Å². The number of amides is 1. The molecular weight excluding hydrogens is 477 g/mol. The van der Waals surface area contributed by atoms with Crippen molar-refractivity contribution in [1.82, 2.24) is 19.7 Å². The maximum atomic E-state index is 14.6. The van der Waals surface area contributed by atoms with Crippen LogP contribution < -0.4 is 21.1 Å². The Bertz CT molecular complexity index is 1430. The highest BCUT2D eigenvalue weighted by Crippen LogP contribution is 2.28. The Kier molecular flexibility index (Phi) is 7.15. The van der Waals surface area contributed by atoms with Gasteiger partial charge < -0.3 is 25.8 Å². The number of fused-ring (bicyclic) bond motifs is 2. The number of nitrogens with one attached hydrogen (secondary N) is 2. The number of hydrogen-bond acceptors (Lipinski definition) is 8. The maximum absolute atomic E-state index is 14.6. The molecule has 37 heavy (non-hydrogen) atoms. The number of anilines is 2. The second-order valence-electron chi connectivity index (χ2n) is 9.39. The Labute approximate surface area is 213 Å². The summed E-state index contributed by atoms with van der Waals surface area (Å²) >= 11 is 0. The molecule has 2 aromatic carbocycles. The smallest absolute Gasteiger partial charge is 0.317 e. The fourth-order valence-electron chi connectivity index (χ4n) is 4.37. The highest BCUT2D eigenvalue weighted by Gasteiger charge is 2.19. The number of hydrogen-bond donors (Lipinski definition) is 3. The van der Waals surface area contributed by atoms with Gasteiger partial charge in [0.15, 0.2) is 5.82 Å². The summed E-state index contributed by atoms with van der Waals surface area (Å²) in [4.78, 5) is 22.3. The molecule has 0 spiro atoms. The summed E-state index contributed by atoms with van der Waals surface area (Å²) < 4.78 is 27.7. The van der Waals surface area contributed by atoms with E-state index in [1.165, 1.54) is 10.7 Å². The fourth-order valence-corrected chi connectivity index (χ4v) is 4.37. The molecule has 2 atom stereocenters. The summed E-state index contributed by atoms with van der Waals surface area (Å²) in [5, 5.41) is 11.4. The van der Waals surface area contributed by atoms with Crippen molar-refractivity contribution in [3.05, 3.63) is 48.0 Å². The molecule has 194 valence electrons. The number of halogens is 1. The SMILES string of the molecule is C[C@@H](N)CNc1ccc(C(=O)Nc2cc(F)c3nn(C)cc3c2)c2nc(OC[C@@H]3CCCCO3)ncc12. The van der Waals surface area contributed by atoms with Gasteiger partial charge in [0.25, 0.3) is 5.91 Å². The van der Waals surface area contributed by atoms with E-state index in [1.807, 2.05) is 6.92 Å². The second kappa shape index (κ2) is 10.7. The van der Waals surface area contributed by atoms with Gasteiger partial charge in [0.05, 0.1) is 17.2 Å². The number of aromatic nitrogens is 4. The number of rotatable bonds is 8. The van der Waals surface area contributed by atoms with Crippen molar-refractivity contribution in [2.45, 2.75) is 38.3 Å². The molecule has 4 aromatic rings. The van der Waals surface area contributed by atoms with E-state index in [1.54, 1.807) is 37.6 Å². The van der Waals surface area contributed by atoms with Crippen molar-refractivity contribution in [1.29, 1.82) is 0 Å². The molecule has 1 aliphatic heterocycles. The van der Waals surface area contributed by atoms with Crippen LogP contribution in [0.5, 0.6) is 6.01 Å². The summed E-state index contributed by atoms with van der Waals surface area (Å²) in [5.41, 5.74) is 7.92. The molecule has 0 radical (unpaired) electrons. The zero-order valence-electron chi connectivity index (χ0n) is 20.8. The van der Waals surface area contributed by atoms with Gasteiger partial charge in [-0.1, -0.05) is 0 Å². The van der Waals surface area contributed by atoms with Crippen LogP contribution in [0.1, 0.15) is 36.5 Å². The predicted octanol–water partition coefficient (Wildman–Crippen LogP) is 3.61. The van der Waals surface area contributed by atoms with E-state index in [0.717, 1.165) is 31.6 Å². The Morgan fingerprint density at radius 3 is 2.97 bits per heavy atom. The monoisotopic (exact) mass is 507 g/mol. The molecule has 3 heterocycles. The van der Waals surface area contributed by atoms with E-state index in [2.05, 4.69) is 25.7 Å². The van der Waals surface area contributed by atoms with Gasteiger partial charge in [-0.3, -0.25) is 9.48 Å². The largest absolute Gasteiger partial charge is 0.461 e.